The smallest absolute Gasteiger partial charge is 0.183 e. The average molecular weight is 411 g/mol. The number of hydrogen-bond acceptors (Lipinski definition) is 9. The van der Waals surface area contributed by atoms with Crippen LogP contribution in [0.4, 0.5) is 16.8 Å². The van der Waals surface area contributed by atoms with E-state index in [1.165, 1.54) is 11.3 Å². The topological polar surface area (TPSA) is 114 Å². The van der Waals surface area contributed by atoms with Crippen LogP contribution in [0.5, 0.6) is 0 Å². The number of nitrogens with zero attached hydrogens (tertiary/aromatic N) is 6. The van der Waals surface area contributed by atoms with Gasteiger partial charge in [0.05, 0.1) is 22.8 Å². The number of thiazole rings is 1. The minimum absolute atomic E-state index is 0.116. The molecule has 4 aromatic rings. The molecule has 0 radical (unpaired) electrons. The third kappa shape index (κ3) is 3.89. The minimum Gasteiger partial charge on any atom is -0.388 e. The third-order valence-corrected chi connectivity index (χ3v) is 5.22. The molecule has 0 fully saturated rings. The molecule has 0 aliphatic heterocycles. The van der Waals surface area contributed by atoms with Crippen molar-refractivity contribution in [1.29, 1.82) is 0 Å². The van der Waals surface area contributed by atoms with Gasteiger partial charge in [0.1, 0.15) is 29.6 Å². The molecular weight excluding hydrogens is 388 g/mol. The van der Waals surface area contributed by atoms with Crippen LogP contribution in [-0.2, 0) is 6.61 Å². The molecule has 9 nitrogen and oxygen atoms in total. The van der Waals surface area contributed by atoms with Crippen molar-refractivity contribution >= 4 is 39.1 Å². The number of aliphatic hydroxyl groups is 1. The number of hydrogen-bond donors (Lipinski definition) is 3. The Morgan fingerprint density at radius 3 is 2.76 bits per heavy atom. The van der Waals surface area contributed by atoms with Gasteiger partial charge in [-0.15, -0.1) is 0 Å². The number of imidazole rings is 1. The van der Waals surface area contributed by atoms with Crippen LogP contribution in [0.15, 0.2) is 30.7 Å². The van der Waals surface area contributed by atoms with Crippen LogP contribution in [0, 0.1) is 0 Å². The maximum absolute atomic E-state index is 9.60. The summed E-state index contributed by atoms with van der Waals surface area (Å²) in [6, 6.07) is 3.88. The van der Waals surface area contributed by atoms with E-state index in [0.29, 0.717) is 23.3 Å². The Morgan fingerprint density at radius 2 is 2.00 bits per heavy atom. The quantitative estimate of drug-likeness (QED) is 0.423. The normalized spacial score (nSPS) is 11.3. The Labute approximate surface area is 171 Å². The molecule has 0 atom stereocenters. The monoisotopic (exact) mass is 410 g/mol. The Bertz CT molecular complexity index is 1140. The summed E-state index contributed by atoms with van der Waals surface area (Å²) < 4.78 is 2.01. The molecule has 0 bridgehead atoms. The van der Waals surface area contributed by atoms with Crippen molar-refractivity contribution in [2.24, 2.45) is 0 Å². The molecule has 3 N–H and O–H groups in total. The molecule has 0 unspecified atom stereocenters. The molecule has 4 aromatic heterocycles. The lowest BCUT2D eigenvalue weighted by Gasteiger charge is -2.12. The van der Waals surface area contributed by atoms with Gasteiger partial charge in [0.25, 0.3) is 0 Å². The largest absolute Gasteiger partial charge is 0.388 e. The first-order chi connectivity index (χ1) is 14.1. The molecule has 0 spiro atoms. The molecule has 0 aromatic carbocycles. The molecule has 0 aliphatic carbocycles. The highest BCUT2D eigenvalue weighted by atomic mass is 32.1. The number of anilines is 3. The van der Waals surface area contributed by atoms with Crippen molar-refractivity contribution in [1.82, 2.24) is 29.5 Å². The highest BCUT2D eigenvalue weighted by molar-refractivity contribution is 7.18. The van der Waals surface area contributed by atoms with Gasteiger partial charge in [-0.05, 0) is 26.8 Å². The standard InChI is InChI=1S/C19H22N8OS/c1-4-20-19-23-9-14(29-19)18-21-6-5-15(26-18)25-16-7-13-12(8-22-16)24-17(10-28)27(13)11(2)3/h5-9,11,28H,4,10H2,1-3H3,(H,20,23)(H,21,22,25,26). The van der Waals surface area contributed by atoms with E-state index in [9.17, 15) is 5.11 Å². The van der Waals surface area contributed by atoms with Crippen molar-refractivity contribution in [3.63, 3.8) is 0 Å². The fraction of sp³-hybridized carbons (Fsp3) is 0.316. The number of fused-ring (bicyclic) bond motifs is 1. The van der Waals surface area contributed by atoms with E-state index >= 15 is 0 Å². The molecule has 4 heterocycles. The molecule has 10 heteroatoms. The fourth-order valence-corrected chi connectivity index (χ4v) is 3.92. The summed E-state index contributed by atoms with van der Waals surface area (Å²) in [7, 11) is 0. The lowest BCUT2D eigenvalue weighted by atomic mass is 10.3. The van der Waals surface area contributed by atoms with Crippen molar-refractivity contribution < 1.29 is 5.11 Å². The second-order valence-corrected chi connectivity index (χ2v) is 7.69. The van der Waals surface area contributed by atoms with Crippen LogP contribution in [-0.4, -0.2) is 41.1 Å². The van der Waals surface area contributed by atoms with E-state index in [0.717, 1.165) is 27.6 Å². The van der Waals surface area contributed by atoms with Gasteiger partial charge in [-0.25, -0.2) is 24.9 Å². The highest BCUT2D eigenvalue weighted by Gasteiger charge is 2.14. The lowest BCUT2D eigenvalue weighted by molar-refractivity contribution is 0.263. The first-order valence-electron chi connectivity index (χ1n) is 9.37. The van der Waals surface area contributed by atoms with E-state index in [-0.39, 0.29) is 12.6 Å². The second-order valence-electron chi connectivity index (χ2n) is 6.66. The van der Waals surface area contributed by atoms with Crippen molar-refractivity contribution in [2.75, 3.05) is 17.2 Å². The molecule has 29 heavy (non-hydrogen) atoms. The van der Waals surface area contributed by atoms with E-state index in [4.69, 9.17) is 0 Å². The van der Waals surface area contributed by atoms with Crippen LogP contribution in [0.25, 0.3) is 21.7 Å². The van der Waals surface area contributed by atoms with Gasteiger partial charge in [-0.3, -0.25) is 0 Å². The highest BCUT2D eigenvalue weighted by Crippen LogP contribution is 2.28. The Kier molecular flexibility index (Phi) is 5.36. The summed E-state index contributed by atoms with van der Waals surface area (Å²) in [4.78, 5) is 23.1. The number of aliphatic hydroxyl groups excluding tert-OH is 1. The van der Waals surface area contributed by atoms with E-state index < -0.39 is 0 Å². The van der Waals surface area contributed by atoms with Crippen LogP contribution in [0.2, 0.25) is 0 Å². The van der Waals surface area contributed by atoms with Crippen LogP contribution in [0.1, 0.15) is 32.6 Å². The molecule has 0 aliphatic rings. The molecular formula is C19H22N8OS. The molecule has 0 saturated heterocycles. The van der Waals surface area contributed by atoms with Gasteiger partial charge in [-0.2, -0.15) is 0 Å². The maximum Gasteiger partial charge on any atom is 0.183 e. The van der Waals surface area contributed by atoms with Gasteiger partial charge >= 0.3 is 0 Å². The minimum atomic E-state index is -0.116. The number of nitrogens with one attached hydrogen (secondary N) is 2. The molecule has 0 amide bonds. The summed E-state index contributed by atoms with van der Waals surface area (Å²) in [5.41, 5.74) is 1.66. The number of aromatic nitrogens is 6. The summed E-state index contributed by atoms with van der Waals surface area (Å²) in [6.07, 6.45) is 5.17. The van der Waals surface area contributed by atoms with E-state index in [1.807, 2.05) is 17.6 Å². The molecule has 150 valence electrons. The average Bonchev–Trinajstić information content (AvgIpc) is 3.32. The molecule has 4 rings (SSSR count). The van der Waals surface area contributed by atoms with Crippen LogP contribution in [0.3, 0.4) is 0 Å². The van der Waals surface area contributed by atoms with Gasteiger partial charge in [-0.1, -0.05) is 11.3 Å². The Hall–Kier alpha value is -3.11. The van der Waals surface area contributed by atoms with Gasteiger partial charge in [0.15, 0.2) is 11.0 Å². The first kappa shape index (κ1) is 19.2. The fourth-order valence-electron chi connectivity index (χ4n) is 3.09. The van der Waals surface area contributed by atoms with Gasteiger partial charge in [0, 0.05) is 24.8 Å². The SMILES string of the molecule is CCNc1ncc(-c2nccc(Nc3cc4c(cn3)nc(CO)n4C(C)C)n2)s1. The lowest BCUT2D eigenvalue weighted by Crippen LogP contribution is -2.06. The van der Waals surface area contributed by atoms with Crippen LogP contribution < -0.4 is 10.6 Å². The van der Waals surface area contributed by atoms with E-state index in [2.05, 4.69) is 49.4 Å². The predicted octanol–water partition coefficient (Wildman–Crippen LogP) is 3.59. The summed E-state index contributed by atoms with van der Waals surface area (Å²) >= 11 is 1.51. The Balaban J connectivity index is 1.63. The van der Waals surface area contributed by atoms with Gasteiger partial charge < -0.3 is 20.3 Å². The van der Waals surface area contributed by atoms with Crippen LogP contribution >= 0.6 is 11.3 Å². The van der Waals surface area contributed by atoms with Crippen molar-refractivity contribution in [3.05, 3.63) is 36.5 Å². The summed E-state index contributed by atoms with van der Waals surface area (Å²) in [5.74, 6) is 2.51. The zero-order chi connectivity index (χ0) is 20.4. The first-order valence-corrected chi connectivity index (χ1v) is 10.2. The number of rotatable bonds is 7. The van der Waals surface area contributed by atoms with Gasteiger partial charge in [0.2, 0.25) is 0 Å². The zero-order valence-corrected chi connectivity index (χ0v) is 17.2. The second kappa shape index (κ2) is 8.10. The van der Waals surface area contributed by atoms with Crippen molar-refractivity contribution in [2.45, 2.75) is 33.4 Å². The van der Waals surface area contributed by atoms with E-state index in [1.54, 1.807) is 24.7 Å². The summed E-state index contributed by atoms with van der Waals surface area (Å²) in [5, 5.41) is 16.9. The Morgan fingerprint density at radius 1 is 1.14 bits per heavy atom. The maximum atomic E-state index is 9.60. The zero-order valence-electron chi connectivity index (χ0n) is 16.4. The summed E-state index contributed by atoms with van der Waals surface area (Å²) in [6.45, 7) is 6.84. The molecule has 0 saturated carbocycles. The van der Waals surface area contributed by atoms with Crippen molar-refractivity contribution in [3.8, 4) is 10.7 Å². The predicted molar refractivity (Wildman–Crippen MR) is 114 cm³/mol. The third-order valence-electron chi connectivity index (χ3n) is 4.27. The number of pyridine rings is 1.